The van der Waals surface area contributed by atoms with Gasteiger partial charge in [-0.2, -0.15) is 0 Å². The average Bonchev–Trinajstić information content (AvgIpc) is 3.41. The van der Waals surface area contributed by atoms with Crippen LogP contribution in [0.25, 0.3) is 10.8 Å². The molecule has 0 spiro atoms. The number of anilines is 1. The van der Waals surface area contributed by atoms with Gasteiger partial charge in [0.05, 0.1) is 25.9 Å². The molecular formula is C34H45N5O5. The number of likely N-dealkylation sites (N-methyl/N-ethyl adjacent to an activating group) is 1. The molecule has 4 rings (SSSR count). The summed E-state index contributed by atoms with van der Waals surface area (Å²) in [7, 11) is 3.32. The number of carbonyl (C=O) groups is 3. The molecule has 0 saturated carbocycles. The van der Waals surface area contributed by atoms with Gasteiger partial charge in [-0.1, -0.05) is 48.5 Å². The first kappa shape index (κ1) is 32.6. The van der Waals surface area contributed by atoms with Gasteiger partial charge in [0.1, 0.15) is 11.4 Å². The zero-order chi connectivity index (χ0) is 32.0. The second-order valence-corrected chi connectivity index (χ2v) is 12.3. The van der Waals surface area contributed by atoms with Gasteiger partial charge < -0.3 is 24.6 Å². The number of benzene rings is 3. The molecule has 3 aromatic carbocycles. The van der Waals surface area contributed by atoms with E-state index in [1.54, 1.807) is 24.1 Å². The molecule has 0 saturated heterocycles. The Hall–Kier alpha value is -4.31. The van der Waals surface area contributed by atoms with Crippen LogP contribution in [0.1, 0.15) is 45.7 Å². The van der Waals surface area contributed by atoms with E-state index in [9.17, 15) is 14.4 Å². The summed E-state index contributed by atoms with van der Waals surface area (Å²) in [6, 6.07) is 19.8. The summed E-state index contributed by atoms with van der Waals surface area (Å²) in [4.78, 5) is 42.9. The van der Waals surface area contributed by atoms with Gasteiger partial charge in [-0.15, -0.1) is 0 Å². The third-order valence-corrected chi connectivity index (χ3v) is 7.63. The first-order valence-electron chi connectivity index (χ1n) is 15.0. The zero-order valence-electron chi connectivity index (χ0n) is 26.9. The van der Waals surface area contributed by atoms with Gasteiger partial charge in [-0.25, -0.2) is 9.80 Å². The van der Waals surface area contributed by atoms with Crippen LogP contribution >= 0.6 is 0 Å². The summed E-state index contributed by atoms with van der Waals surface area (Å²) in [6.45, 7) is 11.1. The van der Waals surface area contributed by atoms with Crippen molar-refractivity contribution in [1.82, 2.24) is 20.2 Å². The third kappa shape index (κ3) is 8.19. The quantitative estimate of drug-likeness (QED) is 0.336. The molecule has 3 amide bonds. The van der Waals surface area contributed by atoms with Gasteiger partial charge in [-0.05, 0) is 68.7 Å². The average molecular weight is 604 g/mol. The van der Waals surface area contributed by atoms with E-state index in [-0.39, 0.29) is 30.9 Å². The fourth-order valence-electron chi connectivity index (χ4n) is 5.21. The smallest absolute Gasteiger partial charge is 0.410 e. The summed E-state index contributed by atoms with van der Waals surface area (Å²) in [5, 5.41) is 8.34. The molecule has 0 aromatic heterocycles. The number of carbonyl (C=O) groups excluding carboxylic acids is 3. The lowest BCUT2D eigenvalue weighted by Crippen LogP contribution is -2.49. The van der Waals surface area contributed by atoms with Crippen LogP contribution in [-0.2, 0) is 27.4 Å². The number of fused-ring (bicyclic) bond motifs is 2. The van der Waals surface area contributed by atoms with E-state index in [1.165, 1.54) is 11.1 Å². The van der Waals surface area contributed by atoms with Crippen LogP contribution in [0.15, 0.2) is 60.7 Å². The minimum atomic E-state index is -0.636. The van der Waals surface area contributed by atoms with Crippen molar-refractivity contribution < 1.29 is 23.9 Å². The molecule has 1 N–H and O–H groups in total. The molecule has 0 bridgehead atoms. The fourth-order valence-corrected chi connectivity index (χ4v) is 5.21. The second-order valence-electron chi connectivity index (χ2n) is 12.3. The largest absolute Gasteiger partial charge is 0.495 e. The Labute approximate surface area is 260 Å². The lowest BCUT2D eigenvalue weighted by Gasteiger charge is -2.33. The summed E-state index contributed by atoms with van der Waals surface area (Å²) in [5.74, 6) is 0.0752. The Morgan fingerprint density at radius 2 is 1.52 bits per heavy atom. The highest BCUT2D eigenvalue weighted by atomic mass is 16.6. The van der Waals surface area contributed by atoms with Crippen molar-refractivity contribution in [3.8, 4) is 5.75 Å². The SMILES string of the molecule is COc1cc2ccccc2cc1N(CCN(C(=O)OC(C)(C)C)C(C)C)CC(=O)NCC(=O)N(C)N1Cc2ccccc2C1. The number of hydrogen-bond acceptors (Lipinski definition) is 7. The van der Waals surface area contributed by atoms with Crippen LogP contribution in [0.3, 0.4) is 0 Å². The molecule has 0 radical (unpaired) electrons. The molecule has 10 heteroatoms. The van der Waals surface area contributed by atoms with E-state index in [0.717, 1.165) is 10.8 Å². The van der Waals surface area contributed by atoms with Crippen molar-refractivity contribution in [2.24, 2.45) is 0 Å². The van der Waals surface area contributed by atoms with Crippen LogP contribution < -0.4 is 15.0 Å². The third-order valence-electron chi connectivity index (χ3n) is 7.63. The van der Waals surface area contributed by atoms with E-state index in [1.807, 2.05) is 93.1 Å². The lowest BCUT2D eigenvalue weighted by atomic mass is 10.1. The highest BCUT2D eigenvalue weighted by molar-refractivity contribution is 5.91. The first-order valence-corrected chi connectivity index (χ1v) is 15.0. The molecule has 0 aliphatic carbocycles. The van der Waals surface area contributed by atoms with Gasteiger partial charge >= 0.3 is 6.09 Å². The number of nitrogens with zero attached hydrogens (tertiary/aromatic N) is 4. The lowest BCUT2D eigenvalue weighted by molar-refractivity contribution is -0.146. The van der Waals surface area contributed by atoms with Gasteiger partial charge in [0.15, 0.2) is 0 Å². The molecule has 10 nitrogen and oxygen atoms in total. The number of amides is 3. The Morgan fingerprint density at radius 3 is 2.09 bits per heavy atom. The fraction of sp³-hybridized carbons (Fsp3) is 0.441. The highest BCUT2D eigenvalue weighted by Crippen LogP contribution is 2.33. The van der Waals surface area contributed by atoms with Crippen LogP contribution in [0.2, 0.25) is 0 Å². The molecule has 1 heterocycles. The maximum atomic E-state index is 13.3. The van der Waals surface area contributed by atoms with Crippen LogP contribution in [-0.4, -0.2) is 84.8 Å². The number of methoxy groups -OCH3 is 1. The molecule has 44 heavy (non-hydrogen) atoms. The number of rotatable bonds is 11. The minimum Gasteiger partial charge on any atom is -0.495 e. The number of nitrogens with one attached hydrogen (secondary N) is 1. The number of hydrazine groups is 1. The van der Waals surface area contributed by atoms with Gasteiger partial charge in [-0.3, -0.25) is 14.6 Å². The number of ether oxygens (including phenoxy) is 2. The first-order chi connectivity index (χ1) is 20.9. The molecule has 1 aliphatic rings. The molecule has 0 atom stereocenters. The van der Waals surface area contributed by atoms with Gasteiger partial charge in [0, 0.05) is 39.3 Å². The van der Waals surface area contributed by atoms with E-state index in [4.69, 9.17) is 9.47 Å². The second kappa shape index (κ2) is 14.0. The predicted molar refractivity (Wildman–Crippen MR) is 172 cm³/mol. The zero-order valence-corrected chi connectivity index (χ0v) is 26.9. The van der Waals surface area contributed by atoms with E-state index in [2.05, 4.69) is 17.4 Å². The van der Waals surface area contributed by atoms with Crippen molar-refractivity contribution in [2.75, 3.05) is 45.2 Å². The summed E-state index contributed by atoms with van der Waals surface area (Å²) < 4.78 is 11.4. The topological polar surface area (TPSA) is 94.7 Å². The van der Waals surface area contributed by atoms with E-state index < -0.39 is 11.7 Å². The molecule has 236 valence electrons. The van der Waals surface area contributed by atoms with Crippen LogP contribution in [0, 0.1) is 0 Å². The predicted octanol–water partition coefficient (Wildman–Crippen LogP) is 4.81. The monoisotopic (exact) mass is 603 g/mol. The Balaban J connectivity index is 1.48. The Kier molecular flexibility index (Phi) is 10.4. The van der Waals surface area contributed by atoms with Crippen LogP contribution in [0.4, 0.5) is 10.5 Å². The maximum absolute atomic E-state index is 13.3. The summed E-state index contributed by atoms with van der Waals surface area (Å²) in [5.41, 5.74) is 2.46. The minimum absolute atomic E-state index is 0.0406. The van der Waals surface area contributed by atoms with Crippen molar-refractivity contribution in [2.45, 2.75) is 59.4 Å². The van der Waals surface area contributed by atoms with Gasteiger partial charge in [0.2, 0.25) is 5.91 Å². The summed E-state index contributed by atoms with van der Waals surface area (Å²) in [6.07, 6.45) is -0.417. The van der Waals surface area contributed by atoms with Crippen molar-refractivity contribution >= 4 is 34.4 Å². The standard InChI is InChI=1S/C34H45N5O5/c1-24(2)39(33(42)44-34(3,4)5)17-16-37(29-18-25-12-8-9-13-26(25)19-30(29)43-7)23-31(40)35-20-32(41)36(6)38-21-27-14-10-11-15-28(27)22-38/h8-15,18-19,24H,16-17,20-23H2,1-7H3,(H,35,40). The van der Waals surface area contributed by atoms with Crippen molar-refractivity contribution in [1.29, 1.82) is 0 Å². The normalized spacial score (nSPS) is 13.0. The van der Waals surface area contributed by atoms with E-state index >= 15 is 0 Å². The van der Waals surface area contributed by atoms with Gasteiger partial charge in [0.25, 0.3) is 5.91 Å². The molecule has 3 aromatic rings. The summed E-state index contributed by atoms with van der Waals surface area (Å²) >= 11 is 0. The number of hydrogen-bond donors (Lipinski definition) is 1. The Morgan fingerprint density at radius 1 is 0.932 bits per heavy atom. The van der Waals surface area contributed by atoms with Crippen molar-refractivity contribution in [3.05, 3.63) is 71.8 Å². The molecular weight excluding hydrogens is 558 g/mol. The maximum Gasteiger partial charge on any atom is 0.410 e. The Bertz CT molecular complexity index is 1460. The molecule has 1 aliphatic heterocycles. The molecule has 0 fully saturated rings. The highest BCUT2D eigenvalue weighted by Gasteiger charge is 2.27. The molecule has 0 unspecified atom stereocenters. The van der Waals surface area contributed by atoms with Crippen LogP contribution in [0.5, 0.6) is 5.75 Å². The van der Waals surface area contributed by atoms with E-state index in [0.29, 0.717) is 37.6 Å². The van der Waals surface area contributed by atoms with Crippen molar-refractivity contribution in [3.63, 3.8) is 0 Å².